The Bertz CT molecular complexity index is 485. The van der Waals surface area contributed by atoms with E-state index in [0.29, 0.717) is 12.0 Å². The van der Waals surface area contributed by atoms with Crippen molar-refractivity contribution in [3.05, 3.63) is 29.8 Å². The second-order valence-electron chi connectivity index (χ2n) is 6.58. The first-order valence-corrected chi connectivity index (χ1v) is 8.84. The molecule has 1 aliphatic heterocycles. The third-order valence-corrected chi connectivity index (χ3v) is 4.44. The molecular weight excluding hydrogens is 324 g/mol. The summed E-state index contributed by atoms with van der Waals surface area (Å²) in [6.07, 6.45) is 3.06. The third-order valence-electron chi connectivity index (χ3n) is 4.44. The van der Waals surface area contributed by atoms with E-state index in [-0.39, 0.29) is 24.9 Å². The predicted octanol–water partition coefficient (Wildman–Crippen LogP) is 3.60. The Morgan fingerprint density at radius 1 is 1.25 bits per heavy atom. The average Bonchev–Trinajstić information content (AvgIpc) is 2.58. The molecule has 0 radical (unpaired) electrons. The van der Waals surface area contributed by atoms with Gasteiger partial charge in [0.25, 0.3) is 5.91 Å². The maximum atomic E-state index is 12.6. The van der Waals surface area contributed by atoms with Gasteiger partial charge in [-0.25, -0.2) is 0 Å². The average molecular weight is 355 g/mol. The van der Waals surface area contributed by atoms with Crippen LogP contribution in [0, 0.1) is 0 Å². The van der Waals surface area contributed by atoms with Crippen molar-refractivity contribution in [1.82, 2.24) is 10.2 Å². The zero-order valence-corrected chi connectivity index (χ0v) is 15.9. The van der Waals surface area contributed by atoms with Gasteiger partial charge in [0, 0.05) is 12.6 Å². The number of amides is 1. The van der Waals surface area contributed by atoms with Crippen LogP contribution in [0.3, 0.4) is 0 Å². The molecule has 0 bridgehead atoms. The van der Waals surface area contributed by atoms with Gasteiger partial charge in [-0.2, -0.15) is 0 Å². The topological polar surface area (TPSA) is 41.6 Å². The molecule has 1 heterocycles. The van der Waals surface area contributed by atoms with Gasteiger partial charge in [0.1, 0.15) is 5.75 Å². The van der Waals surface area contributed by atoms with Crippen LogP contribution in [0.15, 0.2) is 24.3 Å². The normalized spacial score (nSPS) is 15.0. The van der Waals surface area contributed by atoms with Crippen LogP contribution in [-0.4, -0.2) is 43.1 Å². The van der Waals surface area contributed by atoms with Gasteiger partial charge in [-0.05, 0) is 56.0 Å². The minimum absolute atomic E-state index is 0. The van der Waals surface area contributed by atoms with E-state index < -0.39 is 0 Å². The lowest BCUT2D eigenvalue weighted by Gasteiger charge is -2.34. The van der Waals surface area contributed by atoms with Gasteiger partial charge in [0.2, 0.25) is 0 Å². The van der Waals surface area contributed by atoms with Crippen LogP contribution < -0.4 is 10.1 Å². The highest BCUT2D eigenvalue weighted by Gasteiger charge is 2.24. The van der Waals surface area contributed by atoms with Crippen molar-refractivity contribution in [3.63, 3.8) is 0 Å². The van der Waals surface area contributed by atoms with E-state index in [1.54, 1.807) is 0 Å². The van der Waals surface area contributed by atoms with Crippen LogP contribution in [0.2, 0.25) is 0 Å². The number of ether oxygens (including phenoxy) is 1. The summed E-state index contributed by atoms with van der Waals surface area (Å²) in [6, 6.07) is 8.41. The van der Waals surface area contributed by atoms with Crippen LogP contribution in [0.25, 0.3) is 0 Å². The highest BCUT2D eigenvalue weighted by molar-refractivity contribution is 5.85. The molecule has 1 amide bonds. The highest BCUT2D eigenvalue weighted by atomic mass is 35.5. The fourth-order valence-electron chi connectivity index (χ4n) is 3.05. The van der Waals surface area contributed by atoms with Crippen LogP contribution in [0.5, 0.6) is 5.75 Å². The summed E-state index contributed by atoms with van der Waals surface area (Å²) >= 11 is 0. The summed E-state index contributed by atoms with van der Waals surface area (Å²) in [5, 5.41) is 3.35. The summed E-state index contributed by atoms with van der Waals surface area (Å²) in [5.74, 6) is 1.38. The Kier molecular flexibility index (Phi) is 9.16. The molecule has 1 aliphatic rings. The van der Waals surface area contributed by atoms with Gasteiger partial charge in [-0.15, -0.1) is 12.4 Å². The molecule has 0 aromatic heterocycles. The van der Waals surface area contributed by atoms with Crippen LogP contribution in [0.1, 0.15) is 51.5 Å². The molecular formula is C19H31ClN2O2. The Morgan fingerprint density at radius 3 is 2.42 bits per heavy atom. The molecule has 0 atom stereocenters. The maximum Gasteiger partial charge on any atom is 0.260 e. The Balaban J connectivity index is 0.00000288. The molecule has 0 aliphatic carbocycles. The fraction of sp³-hybridized carbons (Fsp3) is 0.632. The van der Waals surface area contributed by atoms with Gasteiger partial charge in [0.05, 0.1) is 0 Å². The lowest BCUT2D eigenvalue weighted by molar-refractivity contribution is -0.136. The van der Waals surface area contributed by atoms with Crippen molar-refractivity contribution in [2.75, 3.05) is 26.2 Å². The lowest BCUT2D eigenvalue weighted by Crippen LogP contribution is -2.48. The van der Waals surface area contributed by atoms with E-state index in [1.165, 1.54) is 5.56 Å². The zero-order chi connectivity index (χ0) is 16.7. The quantitative estimate of drug-likeness (QED) is 0.813. The molecule has 1 aromatic rings. The molecule has 0 saturated carbocycles. The van der Waals surface area contributed by atoms with Crippen LogP contribution >= 0.6 is 12.4 Å². The van der Waals surface area contributed by atoms with E-state index >= 15 is 0 Å². The summed E-state index contributed by atoms with van der Waals surface area (Å²) in [4.78, 5) is 14.6. The molecule has 1 N–H and O–H groups in total. The zero-order valence-electron chi connectivity index (χ0n) is 15.1. The number of rotatable bonds is 7. The molecule has 0 unspecified atom stereocenters. The van der Waals surface area contributed by atoms with Gasteiger partial charge in [-0.3, -0.25) is 4.79 Å². The number of carbonyl (C=O) groups is 1. The molecule has 4 nitrogen and oxygen atoms in total. The van der Waals surface area contributed by atoms with Gasteiger partial charge in [0.15, 0.2) is 6.61 Å². The van der Waals surface area contributed by atoms with E-state index in [2.05, 4.69) is 38.2 Å². The third kappa shape index (κ3) is 5.99. The standard InChI is InChI=1S/C19H30N2O2.ClH/c1-4-13-21(17-9-11-20-12-10-17)19(22)14-23-18-7-5-16(6-8-18)15(2)3;/h5-8,15,17,20H,4,9-14H2,1-3H3;1H. The Morgan fingerprint density at radius 2 is 1.88 bits per heavy atom. The Labute approximate surface area is 152 Å². The molecule has 0 spiro atoms. The molecule has 136 valence electrons. The van der Waals surface area contributed by atoms with Crippen molar-refractivity contribution in [2.45, 2.75) is 52.0 Å². The van der Waals surface area contributed by atoms with E-state index in [1.807, 2.05) is 17.0 Å². The van der Waals surface area contributed by atoms with Crippen molar-refractivity contribution >= 4 is 18.3 Å². The SMILES string of the molecule is CCCN(C(=O)COc1ccc(C(C)C)cc1)C1CCNCC1.Cl. The van der Waals surface area contributed by atoms with Crippen molar-refractivity contribution in [3.8, 4) is 5.75 Å². The van der Waals surface area contributed by atoms with Crippen molar-refractivity contribution < 1.29 is 9.53 Å². The molecule has 2 rings (SSSR count). The van der Waals surface area contributed by atoms with E-state index in [9.17, 15) is 4.79 Å². The molecule has 1 saturated heterocycles. The maximum absolute atomic E-state index is 12.6. The van der Waals surface area contributed by atoms with Crippen molar-refractivity contribution in [2.24, 2.45) is 0 Å². The van der Waals surface area contributed by atoms with Gasteiger partial charge < -0.3 is 15.0 Å². The first kappa shape index (κ1) is 20.8. The second kappa shape index (κ2) is 10.6. The van der Waals surface area contributed by atoms with Gasteiger partial charge >= 0.3 is 0 Å². The molecule has 24 heavy (non-hydrogen) atoms. The number of benzene rings is 1. The van der Waals surface area contributed by atoms with Crippen LogP contribution in [0.4, 0.5) is 0 Å². The van der Waals surface area contributed by atoms with E-state index in [4.69, 9.17) is 4.74 Å². The molecule has 1 aromatic carbocycles. The first-order valence-electron chi connectivity index (χ1n) is 8.84. The largest absolute Gasteiger partial charge is 0.484 e. The summed E-state index contributed by atoms with van der Waals surface area (Å²) in [5.41, 5.74) is 1.28. The number of hydrogen-bond acceptors (Lipinski definition) is 3. The Hall–Kier alpha value is -1.26. The first-order chi connectivity index (χ1) is 11.1. The number of carbonyl (C=O) groups excluding carboxylic acids is 1. The number of piperidine rings is 1. The minimum atomic E-state index is 0. The predicted molar refractivity (Wildman–Crippen MR) is 101 cm³/mol. The van der Waals surface area contributed by atoms with Gasteiger partial charge in [-0.1, -0.05) is 32.9 Å². The highest BCUT2D eigenvalue weighted by Crippen LogP contribution is 2.19. The minimum Gasteiger partial charge on any atom is -0.484 e. The van der Waals surface area contributed by atoms with Crippen LogP contribution in [-0.2, 0) is 4.79 Å². The number of nitrogens with zero attached hydrogens (tertiary/aromatic N) is 1. The number of hydrogen-bond donors (Lipinski definition) is 1. The summed E-state index contributed by atoms with van der Waals surface area (Å²) in [7, 11) is 0. The smallest absolute Gasteiger partial charge is 0.260 e. The number of nitrogens with one attached hydrogen (secondary N) is 1. The molecule has 5 heteroatoms. The van der Waals surface area contributed by atoms with Crippen molar-refractivity contribution in [1.29, 1.82) is 0 Å². The summed E-state index contributed by atoms with van der Waals surface area (Å²) in [6.45, 7) is 9.39. The summed E-state index contributed by atoms with van der Waals surface area (Å²) < 4.78 is 5.71. The lowest BCUT2D eigenvalue weighted by atomic mass is 10.0. The fourth-order valence-corrected chi connectivity index (χ4v) is 3.05. The van der Waals surface area contributed by atoms with E-state index in [0.717, 1.165) is 44.6 Å². The molecule has 1 fully saturated rings. The second-order valence-corrected chi connectivity index (χ2v) is 6.58. The monoisotopic (exact) mass is 354 g/mol. The number of halogens is 1.